The van der Waals surface area contributed by atoms with Crippen molar-refractivity contribution in [1.29, 1.82) is 0 Å². The SMILES string of the molecule is c1ccc2c(c1)CC(c1ncon1)N2. The fraction of sp³-hybridized carbons (Fsp3) is 0.200. The summed E-state index contributed by atoms with van der Waals surface area (Å²) < 4.78 is 4.72. The molecule has 1 atom stereocenters. The molecule has 0 saturated heterocycles. The van der Waals surface area contributed by atoms with E-state index < -0.39 is 0 Å². The van der Waals surface area contributed by atoms with E-state index in [0.717, 1.165) is 12.2 Å². The minimum Gasteiger partial charge on any atom is -0.374 e. The predicted octanol–water partition coefficient (Wildman–Crippen LogP) is 1.78. The molecule has 0 spiro atoms. The predicted molar refractivity (Wildman–Crippen MR) is 50.8 cm³/mol. The maximum absolute atomic E-state index is 4.72. The maximum Gasteiger partial charge on any atom is 0.213 e. The van der Waals surface area contributed by atoms with Crippen LogP contribution in [0.25, 0.3) is 0 Å². The zero-order chi connectivity index (χ0) is 9.38. The molecule has 0 fully saturated rings. The highest BCUT2D eigenvalue weighted by molar-refractivity contribution is 5.57. The molecular formula is C10H9N3O. The molecule has 4 nitrogen and oxygen atoms in total. The van der Waals surface area contributed by atoms with Gasteiger partial charge in [-0.1, -0.05) is 23.4 Å². The minimum absolute atomic E-state index is 0.158. The third-order valence-corrected chi connectivity index (χ3v) is 2.46. The molecule has 1 N–H and O–H groups in total. The van der Waals surface area contributed by atoms with Crippen LogP contribution in [0.15, 0.2) is 35.2 Å². The Morgan fingerprint density at radius 2 is 2.29 bits per heavy atom. The normalized spacial score (nSPS) is 19.0. The van der Waals surface area contributed by atoms with Crippen LogP contribution in [0.4, 0.5) is 5.69 Å². The molecule has 0 amide bonds. The lowest BCUT2D eigenvalue weighted by Crippen LogP contribution is -2.07. The highest BCUT2D eigenvalue weighted by atomic mass is 16.5. The fourth-order valence-electron chi connectivity index (χ4n) is 1.79. The van der Waals surface area contributed by atoms with E-state index in [1.165, 1.54) is 17.6 Å². The summed E-state index contributed by atoms with van der Waals surface area (Å²) in [6, 6.07) is 8.40. The third kappa shape index (κ3) is 1.08. The van der Waals surface area contributed by atoms with Gasteiger partial charge in [0.2, 0.25) is 6.39 Å². The Morgan fingerprint density at radius 3 is 3.07 bits per heavy atom. The molecule has 70 valence electrons. The molecule has 3 rings (SSSR count). The number of benzene rings is 1. The van der Waals surface area contributed by atoms with Crippen LogP contribution in [-0.4, -0.2) is 10.1 Å². The van der Waals surface area contributed by atoms with Gasteiger partial charge < -0.3 is 9.84 Å². The van der Waals surface area contributed by atoms with Gasteiger partial charge in [0.15, 0.2) is 5.82 Å². The van der Waals surface area contributed by atoms with Crippen molar-refractivity contribution in [3.05, 3.63) is 42.0 Å². The summed E-state index contributed by atoms with van der Waals surface area (Å²) in [5.41, 5.74) is 2.48. The quantitative estimate of drug-likeness (QED) is 0.739. The molecule has 14 heavy (non-hydrogen) atoms. The molecule has 4 heteroatoms. The van der Waals surface area contributed by atoms with Crippen molar-refractivity contribution >= 4 is 5.69 Å². The Hall–Kier alpha value is -1.84. The molecule has 0 aliphatic carbocycles. The highest BCUT2D eigenvalue weighted by Gasteiger charge is 2.24. The van der Waals surface area contributed by atoms with Gasteiger partial charge in [0.1, 0.15) is 0 Å². The summed E-state index contributed by atoms with van der Waals surface area (Å²) >= 11 is 0. The van der Waals surface area contributed by atoms with Crippen LogP contribution in [-0.2, 0) is 6.42 Å². The first-order chi connectivity index (χ1) is 6.93. The highest BCUT2D eigenvalue weighted by Crippen LogP contribution is 2.32. The number of nitrogens with zero attached hydrogens (tertiary/aromatic N) is 2. The topological polar surface area (TPSA) is 51.0 Å². The Bertz CT molecular complexity index is 413. The van der Waals surface area contributed by atoms with Gasteiger partial charge in [-0.15, -0.1) is 0 Å². The van der Waals surface area contributed by atoms with Gasteiger partial charge in [0.25, 0.3) is 0 Å². The number of aromatic nitrogens is 2. The van der Waals surface area contributed by atoms with Gasteiger partial charge in [0, 0.05) is 12.1 Å². The first-order valence-electron chi connectivity index (χ1n) is 4.54. The summed E-state index contributed by atoms with van der Waals surface area (Å²) in [6.45, 7) is 0. The summed E-state index contributed by atoms with van der Waals surface area (Å²) in [7, 11) is 0. The standard InChI is InChI=1S/C10H9N3O/c1-2-4-8-7(3-1)5-9(12-8)10-11-6-14-13-10/h1-4,6,9,12H,5H2. The van der Waals surface area contributed by atoms with Crippen molar-refractivity contribution in [3.63, 3.8) is 0 Å². The molecule has 1 unspecified atom stereocenters. The number of rotatable bonds is 1. The first-order valence-corrected chi connectivity index (χ1v) is 4.54. The number of para-hydroxylation sites is 1. The Labute approximate surface area is 80.9 Å². The fourth-order valence-corrected chi connectivity index (χ4v) is 1.79. The lowest BCUT2D eigenvalue weighted by Gasteiger charge is -2.04. The summed E-state index contributed by atoms with van der Waals surface area (Å²) in [5, 5.41) is 7.18. The lowest BCUT2D eigenvalue weighted by atomic mass is 10.1. The molecule has 1 aromatic carbocycles. The number of hydrogen-bond acceptors (Lipinski definition) is 4. The van der Waals surface area contributed by atoms with Crippen molar-refractivity contribution in [3.8, 4) is 0 Å². The van der Waals surface area contributed by atoms with Crippen LogP contribution in [0.2, 0.25) is 0 Å². The number of fused-ring (bicyclic) bond motifs is 1. The maximum atomic E-state index is 4.72. The van der Waals surface area contributed by atoms with Crippen LogP contribution in [0.1, 0.15) is 17.4 Å². The largest absolute Gasteiger partial charge is 0.374 e. The van der Waals surface area contributed by atoms with E-state index in [4.69, 9.17) is 4.52 Å². The van der Waals surface area contributed by atoms with Gasteiger partial charge in [-0.25, -0.2) is 0 Å². The molecule has 2 heterocycles. The van der Waals surface area contributed by atoms with E-state index in [-0.39, 0.29) is 6.04 Å². The van der Waals surface area contributed by atoms with Crippen molar-refractivity contribution in [2.24, 2.45) is 0 Å². The van der Waals surface area contributed by atoms with Crippen molar-refractivity contribution in [1.82, 2.24) is 10.1 Å². The average molecular weight is 187 g/mol. The summed E-state index contributed by atoms with van der Waals surface area (Å²) in [5.74, 6) is 0.723. The van der Waals surface area contributed by atoms with E-state index in [2.05, 4.69) is 27.6 Å². The molecule has 0 radical (unpaired) electrons. The minimum atomic E-state index is 0.158. The van der Waals surface area contributed by atoms with Crippen molar-refractivity contribution in [2.75, 3.05) is 5.32 Å². The van der Waals surface area contributed by atoms with E-state index in [1.807, 2.05) is 12.1 Å². The average Bonchev–Trinajstić information content (AvgIpc) is 2.86. The number of nitrogens with one attached hydrogen (secondary N) is 1. The van der Waals surface area contributed by atoms with Gasteiger partial charge >= 0.3 is 0 Å². The Kier molecular flexibility index (Phi) is 1.53. The van der Waals surface area contributed by atoms with Crippen molar-refractivity contribution in [2.45, 2.75) is 12.5 Å². The second-order valence-electron chi connectivity index (χ2n) is 3.35. The summed E-state index contributed by atoms with van der Waals surface area (Å²) in [6.07, 6.45) is 2.29. The Balaban J connectivity index is 1.92. The van der Waals surface area contributed by atoms with Gasteiger partial charge in [-0.3, -0.25) is 0 Å². The van der Waals surface area contributed by atoms with Gasteiger partial charge in [0.05, 0.1) is 6.04 Å². The van der Waals surface area contributed by atoms with Gasteiger partial charge in [-0.2, -0.15) is 4.98 Å². The van der Waals surface area contributed by atoms with Crippen LogP contribution < -0.4 is 5.32 Å². The molecule has 0 saturated carbocycles. The van der Waals surface area contributed by atoms with Crippen LogP contribution in [0.5, 0.6) is 0 Å². The summed E-state index contributed by atoms with van der Waals surface area (Å²) in [4.78, 5) is 4.04. The Morgan fingerprint density at radius 1 is 1.36 bits per heavy atom. The molecule has 0 bridgehead atoms. The van der Waals surface area contributed by atoms with Gasteiger partial charge in [-0.05, 0) is 11.6 Å². The number of hydrogen-bond donors (Lipinski definition) is 1. The lowest BCUT2D eigenvalue weighted by molar-refractivity contribution is 0.406. The molecular weight excluding hydrogens is 178 g/mol. The van der Waals surface area contributed by atoms with E-state index >= 15 is 0 Å². The second kappa shape index (κ2) is 2.83. The smallest absolute Gasteiger partial charge is 0.213 e. The second-order valence-corrected chi connectivity index (χ2v) is 3.35. The van der Waals surface area contributed by atoms with Crippen LogP contribution in [0, 0.1) is 0 Å². The molecule has 1 aliphatic heterocycles. The van der Waals surface area contributed by atoms with E-state index in [9.17, 15) is 0 Å². The zero-order valence-corrected chi connectivity index (χ0v) is 7.47. The van der Waals surface area contributed by atoms with Crippen LogP contribution >= 0.6 is 0 Å². The van der Waals surface area contributed by atoms with E-state index in [0.29, 0.717) is 0 Å². The third-order valence-electron chi connectivity index (χ3n) is 2.46. The first kappa shape index (κ1) is 7.55. The monoisotopic (exact) mass is 187 g/mol. The molecule has 1 aliphatic rings. The molecule has 1 aromatic heterocycles. The molecule has 2 aromatic rings. The number of anilines is 1. The van der Waals surface area contributed by atoms with Crippen LogP contribution in [0.3, 0.4) is 0 Å². The van der Waals surface area contributed by atoms with Crippen molar-refractivity contribution < 1.29 is 4.52 Å². The zero-order valence-electron chi connectivity index (χ0n) is 7.47. The van der Waals surface area contributed by atoms with E-state index in [1.54, 1.807) is 0 Å².